The number of hydrogen-bond donors (Lipinski definition) is 0. The van der Waals surface area contributed by atoms with E-state index >= 15 is 0 Å². The summed E-state index contributed by atoms with van der Waals surface area (Å²) in [6.07, 6.45) is 6.96. The number of unbranched alkanes of at least 4 members (excludes halogenated alkanes) is 2. The molecule has 0 aliphatic rings. The zero-order valence-corrected chi connectivity index (χ0v) is 18.2. The van der Waals surface area contributed by atoms with Crippen LogP contribution in [0.5, 0.6) is 0 Å². The van der Waals surface area contributed by atoms with Crippen LogP contribution in [0.3, 0.4) is 0 Å². The van der Waals surface area contributed by atoms with Gasteiger partial charge in [-0.2, -0.15) is 0 Å². The van der Waals surface area contributed by atoms with Crippen molar-refractivity contribution in [1.82, 2.24) is 0 Å². The van der Waals surface area contributed by atoms with Gasteiger partial charge in [0, 0.05) is 6.10 Å². The first-order valence-electron chi connectivity index (χ1n) is 9.95. The highest BCUT2D eigenvalue weighted by Gasteiger charge is 2.45. The first-order valence-corrected chi connectivity index (χ1v) is 11.4. The van der Waals surface area contributed by atoms with Crippen molar-refractivity contribution in [2.45, 2.75) is 99.0 Å². The molecule has 0 amide bonds. The molecule has 2 atom stereocenters. The summed E-state index contributed by atoms with van der Waals surface area (Å²) in [5, 5.41) is 0. The van der Waals surface area contributed by atoms with Gasteiger partial charge in [0.25, 0.3) is 11.9 Å². The van der Waals surface area contributed by atoms with Gasteiger partial charge in [-0.3, -0.25) is 9.59 Å². The van der Waals surface area contributed by atoms with Crippen molar-refractivity contribution in [3.8, 4) is 0 Å². The van der Waals surface area contributed by atoms with Crippen molar-refractivity contribution in [2.24, 2.45) is 11.8 Å². The van der Waals surface area contributed by atoms with E-state index < -0.39 is 15.1 Å². The molecule has 0 radical (unpaired) electrons. The molecule has 0 fully saturated rings. The van der Waals surface area contributed by atoms with E-state index in [4.69, 9.17) is 11.4 Å². The van der Waals surface area contributed by atoms with E-state index in [1.54, 1.807) is 0 Å². The maximum Gasteiger partial charge on any atom is 1.10 e. The Morgan fingerprint density at radius 2 is 1.20 bits per heavy atom. The molecule has 0 aliphatic carbocycles. The molecule has 0 saturated carbocycles. The number of carbonyl (C=O) groups is 2. The van der Waals surface area contributed by atoms with E-state index in [1.165, 1.54) is 0 Å². The van der Waals surface area contributed by atoms with Crippen molar-refractivity contribution >= 4 is 27.1 Å². The highest BCUT2D eigenvalue weighted by molar-refractivity contribution is 6.41. The normalized spacial score (nSPS) is 13.4. The molecule has 0 aliphatic heterocycles. The van der Waals surface area contributed by atoms with Crippen molar-refractivity contribution in [1.29, 1.82) is 0 Å². The third kappa shape index (κ3) is 10.9. The van der Waals surface area contributed by atoms with E-state index in [9.17, 15) is 9.59 Å². The van der Waals surface area contributed by atoms with Gasteiger partial charge in [0.1, 0.15) is 0 Å². The van der Waals surface area contributed by atoms with Crippen LogP contribution in [0.15, 0.2) is 0 Å². The Morgan fingerprint density at radius 1 is 0.800 bits per heavy atom. The first-order chi connectivity index (χ1) is 11.9. The van der Waals surface area contributed by atoms with Gasteiger partial charge in [0.2, 0.25) is 0 Å². The van der Waals surface area contributed by atoms with E-state index in [-0.39, 0.29) is 29.9 Å². The van der Waals surface area contributed by atoms with Crippen LogP contribution in [0, 0.1) is 11.8 Å². The fourth-order valence-electron chi connectivity index (χ4n) is 2.56. The van der Waals surface area contributed by atoms with E-state index in [1.807, 2.05) is 27.7 Å². The summed E-state index contributed by atoms with van der Waals surface area (Å²) in [5.41, 5.74) is 0. The first kappa shape index (κ1) is 24.4. The van der Waals surface area contributed by atoms with Gasteiger partial charge in [0.15, 0.2) is 0 Å². The minimum atomic E-state index is -2.81. The molecule has 0 aromatic rings. The van der Waals surface area contributed by atoms with Crippen molar-refractivity contribution < 1.29 is 21.0 Å². The highest BCUT2D eigenvalue weighted by Crippen LogP contribution is 2.18. The minimum absolute atomic E-state index is 0.147. The SMILES string of the molecule is CCCCC(CC)C(=O)[O][Al]([O]C(=O)C(CC)CCCC)[O]C(C)C. The summed E-state index contributed by atoms with van der Waals surface area (Å²) in [7, 11) is 0. The van der Waals surface area contributed by atoms with Crippen LogP contribution in [0.25, 0.3) is 0 Å². The molecule has 0 N–H and O–H groups in total. The van der Waals surface area contributed by atoms with Crippen LogP contribution in [0.2, 0.25) is 0 Å². The predicted octanol–water partition coefficient (Wildman–Crippen LogP) is 4.92. The van der Waals surface area contributed by atoms with Crippen LogP contribution in [-0.4, -0.2) is 33.2 Å². The molecule has 0 saturated heterocycles. The Labute approximate surface area is 159 Å². The van der Waals surface area contributed by atoms with E-state index in [2.05, 4.69) is 13.8 Å². The van der Waals surface area contributed by atoms with E-state index in [0.717, 1.165) is 51.4 Å². The Morgan fingerprint density at radius 3 is 1.48 bits per heavy atom. The average molecular weight is 372 g/mol. The molecular weight excluding hydrogens is 335 g/mol. The number of rotatable bonds is 14. The number of carbonyl (C=O) groups excluding carboxylic acids is 2. The van der Waals surface area contributed by atoms with Gasteiger partial charge in [-0.25, -0.2) is 0 Å². The van der Waals surface area contributed by atoms with Gasteiger partial charge in [-0.05, 0) is 39.5 Å². The van der Waals surface area contributed by atoms with Crippen molar-refractivity contribution in [3.63, 3.8) is 0 Å². The molecule has 146 valence electrons. The Bertz CT molecular complexity index is 343. The third-order valence-electron chi connectivity index (χ3n) is 4.27. The standard InChI is InChI=1S/2C8H16O2.C3H7O.Al/c2*1-3-5-6-7(4-2)8(9)10;1-3(2)4;/h2*7H,3-6H2,1-2H3,(H,9,10);3H,1-2H3;/q;;-1;+3/p-2. The van der Waals surface area contributed by atoms with Crippen LogP contribution >= 0.6 is 0 Å². The summed E-state index contributed by atoms with van der Waals surface area (Å²) in [6.45, 7) is 11.9. The summed E-state index contributed by atoms with van der Waals surface area (Å²) in [5.74, 6) is -0.872. The molecule has 25 heavy (non-hydrogen) atoms. The zero-order chi connectivity index (χ0) is 19.2. The van der Waals surface area contributed by atoms with Crippen LogP contribution in [0.4, 0.5) is 0 Å². The Hall–Kier alpha value is -0.568. The van der Waals surface area contributed by atoms with Gasteiger partial charge >= 0.3 is 15.1 Å². The average Bonchev–Trinajstić information content (AvgIpc) is 2.55. The van der Waals surface area contributed by atoms with Crippen LogP contribution in [0.1, 0.15) is 92.9 Å². The molecule has 0 aromatic heterocycles. The molecule has 0 spiro atoms. The highest BCUT2D eigenvalue weighted by atomic mass is 27.3. The quantitative estimate of drug-likeness (QED) is 0.405. The van der Waals surface area contributed by atoms with Gasteiger partial charge in [0.05, 0.1) is 11.8 Å². The minimum Gasteiger partial charge on any atom is -0.561 e. The fourth-order valence-corrected chi connectivity index (χ4v) is 3.93. The second kappa shape index (κ2) is 14.6. The second-order valence-corrected chi connectivity index (χ2v) is 8.16. The topological polar surface area (TPSA) is 61.8 Å². The monoisotopic (exact) mass is 372 g/mol. The Kier molecular flexibility index (Phi) is 14.3. The molecule has 0 heterocycles. The van der Waals surface area contributed by atoms with Crippen LogP contribution < -0.4 is 0 Å². The smallest absolute Gasteiger partial charge is 0.561 e. The van der Waals surface area contributed by atoms with Crippen molar-refractivity contribution in [2.75, 3.05) is 0 Å². The number of hydrogen-bond acceptors (Lipinski definition) is 5. The molecule has 0 bridgehead atoms. The largest absolute Gasteiger partial charge is 1.10 e. The third-order valence-corrected chi connectivity index (χ3v) is 5.89. The predicted molar refractivity (Wildman–Crippen MR) is 101 cm³/mol. The lowest BCUT2D eigenvalue weighted by atomic mass is 10.00. The zero-order valence-electron chi connectivity index (χ0n) is 17.0. The lowest BCUT2D eigenvalue weighted by Gasteiger charge is -2.21. The van der Waals surface area contributed by atoms with Gasteiger partial charge in [-0.15, -0.1) is 0 Å². The van der Waals surface area contributed by atoms with E-state index in [0.29, 0.717) is 0 Å². The van der Waals surface area contributed by atoms with Gasteiger partial charge < -0.3 is 11.4 Å². The molecule has 6 heteroatoms. The second-order valence-electron chi connectivity index (χ2n) is 6.84. The molecule has 2 unspecified atom stereocenters. The summed E-state index contributed by atoms with van der Waals surface area (Å²) in [4.78, 5) is 24.8. The lowest BCUT2D eigenvalue weighted by molar-refractivity contribution is -0.149. The molecule has 5 nitrogen and oxygen atoms in total. The molecular formula is C19H37AlO5. The fraction of sp³-hybridized carbons (Fsp3) is 0.895. The van der Waals surface area contributed by atoms with Crippen LogP contribution in [-0.2, 0) is 21.0 Å². The molecule has 0 rings (SSSR count). The van der Waals surface area contributed by atoms with Gasteiger partial charge in [-0.1, -0.05) is 53.4 Å². The maximum absolute atomic E-state index is 12.4. The summed E-state index contributed by atoms with van der Waals surface area (Å²) >= 11 is -2.81. The summed E-state index contributed by atoms with van der Waals surface area (Å²) in [6, 6.07) is 0. The maximum atomic E-state index is 12.4. The lowest BCUT2D eigenvalue weighted by Crippen LogP contribution is -2.38. The van der Waals surface area contributed by atoms with Crippen molar-refractivity contribution in [3.05, 3.63) is 0 Å². The molecule has 0 aromatic carbocycles. The summed E-state index contributed by atoms with van der Waals surface area (Å²) < 4.78 is 16.7. The Balaban J connectivity index is 4.81.